The first-order chi connectivity index (χ1) is 7.43. The van der Waals surface area contributed by atoms with E-state index in [1.165, 1.54) is 19.1 Å². The molecule has 1 rings (SSSR count). The Morgan fingerprint density at radius 3 is 2.62 bits per heavy atom. The van der Waals surface area contributed by atoms with Crippen LogP contribution in [0.2, 0.25) is 0 Å². The van der Waals surface area contributed by atoms with Gasteiger partial charge in [-0.25, -0.2) is 4.39 Å². The fraction of sp³-hybridized carbons (Fsp3) is 0.200. The molecule has 1 atom stereocenters. The van der Waals surface area contributed by atoms with E-state index in [2.05, 4.69) is 5.32 Å². The highest BCUT2D eigenvalue weighted by atomic mass is 19.1. The van der Waals surface area contributed by atoms with Crippen LogP contribution >= 0.6 is 0 Å². The van der Waals surface area contributed by atoms with E-state index >= 15 is 0 Å². The lowest BCUT2D eigenvalue weighted by Crippen LogP contribution is -2.39. The summed E-state index contributed by atoms with van der Waals surface area (Å²) in [5, 5.41) is 10.7. The number of benzene rings is 1. The third-order valence-electron chi connectivity index (χ3n) is 1.99. The van der Waals surface area contributed by atoms with Gasteiger partial charge >= 0.3 is 5.97 Å². The number of nitrogen functional groups attached to an aromatic ring is 1. The van der Waals surface area contributed by atoms with E-state index in [4.69, 9.17) is 10.8 Å². The number of nitrogens with two attached hydrogens (primary N) is 1. The van der Waals surface area contributed by atoms with Gasteiger partial charge in [-0.05, 0) is 19.1 Å². The van der Waals surface area contributed by atoms with Gasteiger partial charge < -0.3 is 16.2 Å². The highest BCUT2D eigenvalue weighted by molar-refractivity contribution is 6.00. The fourth-order valence-corrected chi connectivity index (χ4v) is 1.11. The zero-order chi connectivity index (χ0) is 12.3. The molecule has 16 heavy (non-hydrogen) atoms. The maximum Gasteiger partial charge on any atom is 0.325 e. The topological polar surface area (TPSA) is 92.4 Å². The molecular weight excluding hydrogens is 215 g/mol. The summed E-state index contributed by atoms with van der Waals surface area (Å²) in [7, 11) is 0. The second-order valence-electron chi connectivity index (χ2n) is 3.24. The number of aliphatic carboxylic acids is 1. The molecule has 0 bridgehead atoms. The molecule has 1 amide bonds. The van der Waals surface area contributed by atoms with Crippen molar-refractivity contribution in [2.24, 2.45) is 0 Å². The minimum Gasteiger partial charge on any atom is -0.480 e. The summed E-state index contributed by atoms with van der Waals surface area (Å²) >= 11 is 0. The van der Waals surface area contributed by atoms with E-state index in [1.807, 2.05) is 0 Å². The van der Waals surface area contributed by atoms with Crippen LogP contribution in [0.1, 0.15) is 17.3 Å². The van der Waals surface area contributed by atoms with Crippen LogP contribution in [0.25, 0.3) is 0 Å². The molecule has 0 spiro atoms. The van der Waals surface area contributed by atoms with Crippen molar-refractivity contribution < 1.29 is 19.1 Å². The van der Waals surface area contributed by atoms with E-state index in [9.17, 15) is 14.0 Å². The number of hydrogen-bond donors (Lipinski definition) is 3. The smallest absolute Gasteiger partial charge is 0.325 e. The molecule has 1 aromatic rings. The highest BCUT2D eigenvalue weighted by Gasteiger charge is 2.19. The standard InChI is InChI=1S/C10H11FN2O3/c1-5(10(15)16)13-9(14)8-6(11)3-2-4-7(8)12/h2-5H,12H2,1H3,(H,13,14)(H,15,16)/t5-/m0/s1. The van der Waals surface area contributed by atoms with Crippen LogP contribution in [-0.2, 0) is 4.79 Å². The van der Waals surface area contributed by atoms with Crippen molar-refractivity contribution in [2.75, 3.05) is 5.73 Å². The molecule has 0 radical (unpaired) electrons. The zero-order valence-corrected chi connectivity index (χ0v) is 8.53. The number of carbonyl (C=O) groups excluding carboxylic acids is 1. The van der Waals surface area contributed by atoms with Crippen LogP contribution < -0.4 is 11.1 Å². The molecule has 0 aliphatic heterocycles. The van der Waals surface area contributed by atoms with Crippen molar-refractivity contribution in [3.05, 3.63) is 29.6 Å². The van der Waals surface area contributed by atoms with Gasteiger partial charge in [-0.15, -0.1) is 0 Å². The van der Waals surface area contributed by atoms with Crippen molar-refractivity contribution in [3.8, 4) is 0 Å². The SMILES string of the molecule is C[C@H](NC(=O)c1c(N)cccc1F)C(=O)O. The van der Waals surface area contributed by atoms with Gasteiger partial charge in [0.05, 0.1) is 5.56 Å². The highest BCUT2D eigenvalue weighted by Crippen LogP contribution is 2.15. The molecule has 0 heterocycles. The number of amides is 1. The maximum absolute atomic E-state index is 13.3. The lowest BCUT2D eigenvalue weighted by molar-refractivity contribution is -0.138. The maximum atomic E-state index is 13.3. The Morgan fingerprint density at radius 2 is 2.12 bits per heavy atom. The van der Waals surface area contributed by atoms with Gasteiger partial charge in [-0.1, -0.05) is 6.07 Å². The summed E-state index contributed by atoms with van der Waals surface area (Å²) in [5.41, 5.74) is 5.06. The molecule has 0 saturated heterocycles. The summed E-state index contributed by atoms with van der Waals surface area (Å²) < 4.78 is 13.3. The number of carboxylic acids is 1. The first-order valence-corrected chi connectivity index (χ1v) is 4.51. The van der Waals surface area contributed by atoms with Crippen molar-refractivity contribution in [2.45, 2.75) is 13.0 Å². The Balaban J connectivity index is 2.93. The Kier molecular flexibility index (Phi) is 3.44. The molecule has 0 fully saturated rings. The second-order valence-corrected chi connectivity index (χ2v) is 3.24. The van der Waals surface area contributed by atoms with Gasteiger partial charge in [0, 0.05) is 5.69 Å². The van der Waals surface area contributed by atoms with E-state index in [0.717, 1.165) is 6.07 Å². The summed E-state index contributed by atoms with van der Waals surface area (Å²) in [4.78, 5) is 22.0. The largest absolute Gasteiger partial charge is 0.480 e. The van der Waals surface area contributed by atoms with Gasteiger partial charge in [0.25, 0.3) is 5.91 Å². The lowest BCUT2D eigenvalue weighted by atomic mass is 10.1. The average Bonchev–Trinajstić information content (AvgIpc) is 2.16. The second kappa shape index (κ2) is 4.61. The molecule has 0 unspecified atom stereocenters. The number of anilines is 1. The number of carbonyl (C=O) groups is 2. The number of rotatable bonds is 3. The molecular formula is C10H11FN2O3. The molecule has 4 N–H and O–H groups in total. The Labute approximate surface area is 91.1 Å². The van der Waals surface area contributed by atoms with Crippen LogP contribution in [-0.4, -0.2) is 23.0 Å². The predicted molar refractivity (Wildman–Crippen MR) is 55.4 cm³/mol. The van der Waals surface area contributed by atoms with Crippen molar-refractivity contribution in [1.82, 2.24) is 5.32 Å². The third kappa shape index (κ3) is 2.47. The average molecular weight is 226 g/mol. The molecule has 0 saturated carbocycles. The van der Waals surface area contributed by atoms with E-state index < -0.39 is 23.7 Å². The summed E-state index contributed by atoms with van der Waals surface area (Å²) in [5.74, 6) is -2.83. The summed E-state index contributed by atoms with van der Waals surface area (Å²) in [6, 6.07) is 2.70. The summed E-state index contributed by atoms with van der Waals surface area (Å²) in [6.45, 7) is 1.28. The first kappa shape index (κ1) is 12.0. The Bertz CT molecular complexity index is 414. The monoisotopic (exact) mass is 226 g/mol. The van der Waals surface area contributed by atoms with Crippen molar-refractivity contribution in [3.63, 3.8) is 0 Å². The predicted octanol–water partition coefficient (Wildman–Crippen LogP) is 0.611. The Morgan fingerprint density at radius 1 is 1.50 bits per heavy atom. The third-order valence-corrected chi connectivity index (χ3v) is 1.99. The van der Waals surface area contributed by atoms with Gasteiger partial charge in [0.15, 0.2) is 0 Å². The van der Waals surface area contributed by atoms with E-state index in [1.54, 1.807) is 0 Å². The molecule has 0 aromatic heterocycles. The van der Waals surface area contributed by atoms with Crippen LogP contribution in [0, 0.1) is 5.82 Å². The van der Waals surface area contributed by atoms with Crippen LogP contribution in [0.15, 0.2) is 18.2 Å². The molecule has 6 heteroatoms. The zero-order valence-electron chi connectivity index (χ0n) is 8.53. The van der Waals surface area contributed by atoms with Gasteiger partial charge in [0.2, 0.25) is 0 Å². The van der Waals surface area contributed by atoms with Crippen LogP contribution in [0.3, 0.4) is 0 Å². The minimum atomic E-state index is -1.21. The van der Waals surface area contributed by atoms with Crippen LogP contribution in [0.4, 0.5) is 10.1 Å². The number of hydrogen-bond acceptors (Lipinski definition) is 3. The van der Waals surface area contributed by atoms with Gasteiger partial charge in [-0.3, -0.25) is 9.59 Å². The normalized spacial score (nSPS) is 11.9. The fourth-order valence-electron chi connectivity index (χ4n) is 1.11. The molecule has 0 aliphatic rings. The lowest BCUT2D eigenvalue weighted by Gasteiger charge is -2.11. The van der Waals surface area contributed by atoms with Gasteiger partial charge in [-0.2, -0.15) is 0 Å². The molecule has 5 nitrogen and oxygen atoms in total. The van der Waals surface area contributed by atoms with Gasteiger partial charge in [0.1, 0.15) is 11.9 Å². The summed E-state index contributed by atoms with van der Waals surface area (Å²) in [6.07, 6.45) is 0. The first-order valence-electron chi connectivity index (χ1n) is 4.51. The molecule has 0 aliphatic carbocycles. The van der Waals surface area contributed by atoms with E-state index in [0.29, 0.717) is 0 Å². The van der Waals surface area contributed by atoms with Crippen molar-refractivity contribution in [1.29, 1.82) is 0 Å². The Hall–Kier alpha value is -2.11. The molecule has 86 valence electrons. The minimum absolute atomic E-state index is 0.0323. The molecule has 1 aromatic carbocycles. The van der Waals surface area contributed by atoms with Crippen molar-refractivity contribution >= 4 is 17.6 Å². The number of carboxylic acid groups (broad SMARTS) is 1. The number of halogens is 1. The van der Waals surface area contributed by atoms with Crippen LogP contribution in [0.5, 0.6) is 0 Å². The van der Waals surface area contributed by atoms with E-state index in [-0.39, 0.29) is 11.3 Å². The number of nitrogens with one attached hydrogen (secondary N) is 1. The quantitative estimate of drug-likeness (QED) is 0.658.